The van der Waals surface area contributed by atoms with Crippen LogP contribution in [0.1, 0.15) is 44.4 Å². The van der Waals surface area contributed by atoms with Gasteiger partial charge in [0.25, 0.3) is 0 Å². The molecule has 1 atom stereocenters. The first-order valence-electron chi connectivity index (χ1n) is 8.60. The van der Waals surface area contributed by atoms with Crippen molar-refractivity contribution in [1.82, 2.24) is 4.90 Å². The fraction of sp³-hybridized carbons (Fsp3) is 0.381. The van der Waals surface area contributed by atoms with E-state index in [9.17, 15) is 9.90 Å². The van der Waals surface area contributed by atoms with Gasteiger partial charge in [0.15, 0.2) is 0 Å². The summed E-state index contributed by atoms with van der Waals surface area (Å²) in [5, 5.41) is 10.4. The molecule has 2 aromatic rings. The number of amides is 1. The van der Waals surface area contributed by atoms with Gasteiger partial charge in [0.1, 0.15) is 5.60 Å². The van der Waals surface area contributed by atoms with E-state index in [4.69, 9.17) is 4.74 Å². The predicted octanol–water partition coefficient (Wildman–Crippen LogP) is 4.55. The number of nitrogens with zero attached hydrogens (tertiary/aromatic N) is 1. The van der Waals surface area contributed by atoms with E-state index in [2.05, 4.69) is 0 Å². The van der Waals surface area contributed by atoms with Crippen LogP contribution in [-0.2, 0) is 11.3 Å². The first kappa shape index (κ1) is 19.0. The minimum Gasteiger partial charge on any atom is -0.444 e. The summed E-state index contributed by atoms with van der Waals surface area (Å²) in [6, 6.07) is 19.3. The molecule has 0 heterocycles. The topological polar surface area (TPSA) is 49.8 Å². The third-order valence-electron chi connectivity index (χ3n) is 3.72. The molecule has 4 nitrogen and oxygen atoms in total. The van der Waals surface area contributed by atoms with Crippen molar-refractivity contribution in [1.29, 1.82) is 0 Å². The molecule has 0 aliphatic carbocycles. The minimum atomic E-state index is -0.609. The van der Waals surface area contributed by atoms with Crippen molar-refractivity contribution in [2.75, 3.05) is 6.54 Å². The summed E-state index contributed by atoms with van der Waals surface area (Å²) in [7, 11) is 0. The minimum absolute atomic E-state index is 0.364. The van der Waals surface area contributed by atoms with E-state index in [1.54, 1.807) is 4.90 Å². The molecule has 0 aromatic heterocycles. The Bertz CT molecular complexity index is 650. The Labute approximate surface area is 150 Å². The maximum atomic E-state index is 12.5. The molecule has 25 heavy (non-hydrogen) atoms. The average Bonchev–Trinajstić information content (AvgIpc) is 2.58. The highest BCUT2D eigenvalue weighted by atomic mass is 16.6. The van der Waals surface area contributed by atoms with Crippen LogP contribution in [0.3, 0.4) is 0 Å². The van der Waals surface area contributed by atoms with Crippen LogP contribution < -0.4 is 0 Å². The first-order chi connectivity index (χ1) is 11.8. The smallest absolute Gasteiger partial charge is 0.410 e. The highest BCUT2D eigenvalue weighted by molar-refractivity contribution is 5.68. The van der Waals surface area contributed by atoms with Gasteiger partial charge in [0.05, 0.1) is 6.10 Å². The molecule has 0 saturated carbocycles. The van der Waals surface area contributed by atoms with Crippen LogP contribution in [0, 0.1) is 0 Å². The number of aliphatic hydroxyl groups excluding tert-OH is 1. The van der Waals surface area contributed by atoms with Crippen LogP contribution in [0.4, 0.5) is 4.79 Å². The molecule has 0 radical (unpaired) electrons. The first-order valence-corrected chi connectivity index (χ1v) is 8.60. The largest absolute Gasteiger partial charge is 0.444 e. The third kappa shape index (κ3) is 6.59. The summed E-state index contributed by atoms with van der Waals surface area (Å²) >= 11 is 0. The SMILES string of the molecule is CC(C)(C)OC(=O)N(CCC(O)c1ccccc1)Cc1ccccc1. The van der Waals surface area contributed by atoms with Crippen LogP contribution in [0.2, 0.25) is 0 Å². The Balaban J connectivity index is 2.04. The lowest BCUT2D eigenvalue weighted by Crippen LogP contribution is -2.37. The molecular weight excluding hydrogens is 314 g/mol. The van der Waals surface area contributed by atoms with Gasteiger partial charge in [-0.1, -0.05) is 60.7 Å². The molecule has 2 aromatic carbocycles. The van der Waals surface area contributed by atoms with Gasteiger partial charge in [-0.2, -0.15) is 0 Å². The summed E-state index contributed by atoms with van der Waals surface area (Å²) in [5.41, 5.74) is 1.33. The summed E-state index contributed by atoms with van der Waals surface area (Å²) in [6.07, 6.45) is -0.519. The van der Waals surface area contributed by atoms with Crippen molar-refractivity contribution in [3.8, 4) is 0 Å². The van der Waals surface area contributed by atoms with E-state index in [0.29, 0.717) is 19.5 Å². The van der Waals surface area contributed by atoms with E-state index in [1.807, 2.05) is 81.4 Å². The Kier molecular flexibility index (Phi) is 6.59. The Hall–Kier alpha value is -2.33. The van der Waals surface area contributed by atoms with Crippen LogP contribution in [0.25, 0.3) is 0 Å². The molecule has 0 bridgehead atoms. The van der Waals surface area contributed by atoms with Crippen molar-refractivity contribution in [2.24, 2.45) is 0 Å². The van der Waals surface area contributed by atoms with E-state index in [-0.39, 0.29) is 6.09 Å². The van der Waals surface area contributed by atoms with Gasteiger partial charge in [-0.05, 0) is 38.3 Å². The third-order valence-corrected chi connectivity index (χ3v) is 3.72. The number of aliphatic hydroxyl groups is 1. The standard InChI is InChI=1S/C21H27NO3/c1-21(2,3)25-20(24)22(16-17-10-6-4-7-11-17)15-14-19(23)18-12-8-5-9-13-18/h4-13,19,23H,14-16H2,1-3H3. The molecular formula is C21H27NO3. The molecule has 2 rings (SSSR count). The van der Waals surface area contributed by atoms with E-state index in [1.165, 1.54) is 0 Å². The zero-order valence-corrected chi connectivity index (χ0v) is 15.2. The highest BCUT2D eigenvalue weighted by Gasteiger charge is 2.23. The number of hydrogen-bond donors (Lipinski definition) is 1. The number of ether oxygens (including phenoxy) is 1. The quantitative estimate of drug-likeness (QED) is 0.839. The van der Waals surface area contributed by atoms with Crippen molar-refractivity contribution >= 4 is 6.09 Å². The molecule has 4 heteroatoms. The summed E-state index contributed by atoms with van der Waals surface area (Å²) in [5.74, 6) is 0. The lowest BCUT2D eigenvalue weighted by atomic mass is 10.1. The summed E-state index contributed by atoms with van der Waals surface area (Å²) < 4.78 is 5.52. The zero-order valence-electron chi connectivity index (χ0n) is 15.2. The fourth-order valence-corrected chi connectivity index (χ4v) is 2.49. The maximum Gasteiger partial charge on any atom is 0.410 e. The summed E-state index contributed by atoms with van der Waals surface area (Å²) in [4.78, 5) is 14.2. The lowest BCUT2D eigenvalue weighted by molar-refractivity contribution is 0.0203. The van der Waals surface area contributed by atoms with Crippen molar-refractivity contribution in [3.05, 3.63) is 71.8 Å². The van der Waals surface area contributed by atoms with Crippen LogP contribution in [0.5, 0.6) is 0 Å². The number of hydrogen-bond acceptors (Lipinski definition) is 3. The second-order valence-corrected chi connectivity index (χ2v) is 7.10. The van der Waals surface area contributed by atoms with Crippen molar-refractivity contribution in [2.45, 2.75) is 45.4 Å². The van der Waals surface area contributed by atoms with Gasteiger partial charge in [-0.15, -0.1) is 0 Å². The monoisotopic (exact) mass is 341 g/mol. The predicted molar refractivity (Wildman–Crippen MR) is 99.1 cm³/mol. The fourth-order valence-electron chi connectivity index (χ4n) is 2.49. The molecule has 1 N–H and O–H groups in total. The average molecular weight is 341 g/mol. The number of benzene rings is 2. The normalized spacial score (nSPS) is 12.5. The van der Waals surface area contributed by atoms with E-state index in [0.717, 1.165) is 11.1 Å². The number of carbonyl (C=O) groups excluding carboxylic acids is 1. The maximum absolute atomic E-state index is 12.5. The van der Waals surface area contributed by atoms with Crippen LogP contribution in [-0.4, -0.2) is 28.2 Å². The second-order valence-electron chi connectivity index (χ2n) is 7.10. The van der Waals surface area contributed by atoms with E-state index >= 15 is 0 Å². The number of rotatable bonds is 6. The second kappa shape index (κ2) is 8.67. The van der Waals surface area contributed by atoms with Crippen molar-refractivity contribution in [3.63, 3.8) is 0 Å². The molecule has 1 unspecified atom stereocenters. The Morgan fingerprint density at radius 2 is 1.60 bits per heavy atom. The molecule has 0 aliphatic heterocycles. The van der Waals surface area contributed by atoms with Gasteiger partial charge >= 0.3 is 6.09 Å². The molecule has 1 amide bonds. The van der Waals surface area contributed by atoms with Crippen LogP contribution in [0.15, 0.2) is 60.7 Å². The lowest BCUT2D eigenvalue weighted by Gasteiger charge is -2.28. The molecule has 0 saturated heterocycles. The van der Waals surface area contributed by atoms with E-state index < -0.39 is 11.7 Å². The molecule has 0 fully saturated rings. The molecule has 0 aliphatic rings. The highest BCUT2D eigenvalue weighted by Crippen LogP contribution is 2.19. The summed E-state index contributed by atoms with van der Waals surface area (Å²) in [6.45, 7) is 6.43. The zero-order chi connectivity index (χ0) is 18.3. The Morgan fingerprint density at radius 1 is 1.04 bits per heavy atom. The van der Waals surface area contributed by atoms with Gasteiger partial charge in [-0.3, -0.25) is 0 Å². The molecule has 134 valence electrons. The van der Waals surface area contributed by atoms with Crippen LogP contribution >= 0.6 is 0 Å². The van der Waals surface area contributed by atoms with Crippen molar-refractivity contribution < 1.29 is 14.6 Å². The van der Waals surface area contributed by atoms with Gasteiger partial charge in [0.2, 0.25) is 0 Å². The molecule has 0 spiro atoms. The van der Waals surface area contributed by atoms with Gasteiger partial charge in [-0.25, -0.2) is 4.79 Å². The Morgan fingerprint density at radius 3 is 2.16 bits per heavy atom. The van der Waals surface area contributed by atoms with Gasteiger partial charge < -0.3 is 14.7 Å². The van der Waals surface area contributed by atoms with Gasteiger partial charge in [0, 0.05) is 13.1 Å². The number of carbonyl (C=O) groups is 1.